The van der Waals surface area contributed by atoms with Crippen LogP contribution in [0.25, 0.3) is 32.5 Å². The Bertz CT molecular complexity index is 1510. The molecule has 1 saturated heterocycles. The number of aromatic nitrogens is 4. The summed E-state index contributed by atoms with van der Waals surface area (Å²) >= 11 is 1.57. The van der Waals surface area contributed by atoms with Gasteiger partial charge in [0, 0.05) is 35.4 Å². The number of anilines is 3. The fourth-order valence-electron chi connectivity index (χ4n) is 4.14. The summed E-state index contributed by atoms with van der Waals surface area (Å²) < 4.78 is 5.36. The lowest BCUT2D eigenvalue weighted by atomic mass is 10.1. The predicted molar refractivity (Wildman–Crippen MR) is 138 cm³/mol. The number of fused-ring (bicyclic) bond motifs is 2. The number of nitrogens with zero attached hydrogens (tertiary/aromatic N) is 4. The fourth-order valence-corrected chi connectivity index (χ4v) is 4.90. The third kappa shape index (κ3) is 4.72. The van der Waals surface area contributed by atoms with E-state index in [0.717, 1.165) is 57.0 Å². The molecule has 1 amide bonds. The molecule has 35 heavy (non-hydrogen) atoms. The Morgan fingerprint density at radius 3 is 2.91 bits per heavy atom. The average molecular weight is 486 g/mol. The maximum Gasteiger partial charge on any atom is 0.238 e. The molecule has 4 heterocycles. The van der Waals surface area contributed by atoms with Crippen molar-refractivity contribution >= 4 is 55.6 Å². The summed E-state index contributed by atoms with van der Waals surface area (Å²) in [5.41, 5.74) is 3.45. The Morgan fingerprint density at radius 1 is 1.09 bits per heavy atom. The number of carbonyl (C=O) groups is 1. The van der Waals surface area contributed by atoms with Gasteiger partial charge in [0.1, 0.15) is 10.6 Å². The Labute approximate surface area is 205 Å². The van der Waals surface area contributed by atoms with E-state index >= 15 is 0 Å². The van der Waals surface area contributed by atoms with Crippen LogP contribution in [0.2, 0.25) is 0 Å². The van der Waals surface area contributed by atoms with Gasteiger partial charge in [0.15, 0.2) is 5.82 Å². The first-order chi connectivity index (χ1) is 17.2. The third-order valence-corrected chi connectivity index (χ3v) is 6.71. The normalized spacial score (nSPS) is 14.4. The van der Waals surface area contributed by atoms with Crippen molar-refractivity contribution in [3.63, 3.8) is 0 Å². The molecule has 0 saturated carbocycles. The second-order valence-electron chi connectivity index (χ2n) is 8.35. The highest BCUT2D eigenvalue weighted by atomic mass is 32.1. The number of hydrogen-bond acceptors (Lipinski definition) is 8. The first kappa shape index (κ1) is 21.7. The van der Waals surface area contributed by atoms with Crippen molar-refractivity contribution in [2.75, 3.05) is 43.5 Å². The first-order valence-electron chi connectivity index (χ1n) is 11.4. The lowest BCUT2D eigenvalue weighted by Crippen LogP contribution is -2.41. The smallest absolute Gasteiger partial charge is 0.238 e. The molecule has 0 atom stereocenters. The van der Waals surface area contributed by atoms with E-state index in [1.165, 1.54) is 0 Å². The summed E-state index contributed by atoms with van der Waals surface area (Å²) in [7, 11) is 0. The van der Waals surface area contributed by atoms with Gasteiger partial charge < -0.3 is 15.4 Å². The van der Waals surface area contributed by atoms with Crippen LogP contribution in [0.4, 0.5) is 17.2 Å². The maximum absolute atomic E-state index is 12.6. The molecule has 5 aromatic rings. The highest BCUT2D eigenvalue weighted by Crippen LogP contribution is 2.31. The number of carbonyl (C=O) groups excluding carboxylic acids is 1. The van der Waals surface area contributed by atoms with Gasteiger partial charge >= 0.3 is 0 Å². The summed E-state index contributed by atoms with van der Waals surface area (Å²) in [4.78, 5) is 25.2. The Kier molecular flexibility index (Phi) is 5.83. The highest BCUT2D eigenvalue weighted by molar-refractivity contribution is 7.16. The van der Waals surface area contributed by atoms with Gasteiger partial charge in [0.2, 0.25) is 5.91 Å². The van der Waals surface area contributed by atoms with Crippen molar-refractivity contribution in [1.82, 2.24) is 25.1 Å². The van der Waals surface area contributed by atoms with Crippen LogP contribution in [0.5, 0.6) is 0 Å². The molecule has 0 radical (unpaired) electrons. The molecule has 10 heteroatoms. The van der Waals surface area contributed by atoms with E-state index in [1.54, 1.807) is 17.5 Å². The number of H-pyrrole nitrogens is 1. The van der Waals surface area contributed by atoms with Gasteiger partial charge in [-0.1, -0.05) is 12.1 Å². The van der Waals surface area contributed by atoms with Gasteiger partial charge in [0.25, 0.3) is 0 Å². The van der Waals surface area contributed by atoms with E-state index in [4.69, 9.17) is 14.7 Å². The van der Waals surface area contributed by atoms with Crippen molar-refractivity contribution < 1.29 is 9.53 Å². The molecule has 6 rings (SSSR count). The molecule has 1 fully saturated rings. The third-order valence-electron chi connectivity index (χ3n) is 5.90. The summed E-state index contributed by atoms with van der Waals surface area (Å²) in [5, 5.41) is 17.5. The number of ether oxygens (including phenoxy) is 1. The summed E-state index contributed by atoms with van der Waals surface area (Å²) in [6, 6.07) is 15.7. The topological polar surface area (TPSA) is 108 Å². The SMILES string of the molecule is O=C(CN1CCOCC1)Nc1cccc(-c2nc(Nc3ccc4[nH]ncc4c3)c3ccsc3n2)c1. The molecule has 0 aliphatic carbocycles. The Balaban J connectivity index is 1.26. The molecule has 3 N–H and O–H groups in total. The van der Waals surface area contributed by atoms with Crippen molar-refractivity contribution in [2.24, 2.45) is 0 Å². The van der Waals surface area contributed by atoms with Gasteiger partial charge in [-0.15, -0.1) is 11.3 Å². The molecule has 3 aromatic heterocycles. The van der Waals surface area contributed by atoms with E-state index in [9.17, 15) is 4.79 Å². The molecular weight excluding hydrogens is 462 g/mol. The number of benzene rings is 2. The molecular formula is C25H23N7O2S. The van der Waals surface area contributed by atoms with Crippen molar-refractivity contribution in [3.05, 3.63) is 60.1 Å². The molecule has 0 unspecified atom stereocenters. The van der Waals surface area contributed by atoms with Gasteiger partial charge in [-0.25, -0.2) is 9.97 Å². The van der Waals surface area contributed by atoms with Crippen LogP contribution in [0.3, 0.4) is 0 Å². The number of amides is 1. The van der Waals surface area contributed by atoms with Gasteiger partial charge in [0.05, 0.1) is 36.9 Å². The Hall–Kier alpha value is -3.86. The quantitative estimate of drug-likeness (QED) is 0.330. The van der Waals surface area contributed by atoms with Crippen LogP contribution in [-0.4, -0.2) is 63.8 Å². The molecule has 176 valence electrons. The molecule has 1 aliphatic rings. The van der Waals surface area contributed by atoms with Crippen LogP contribution in [0.1, 0.15) is 0 Å². The van der Waals surface area contributed by atoms with E-state index in [0.29, 0.717) is 25.6 Å². The van der Waals surface area contributed by atoms with Crippen molar-refractivity contribution in [1.29, 1.82) is 0 Å². The van der Waals surface area contributed by atoms with Crippen molar-refractivity contribution in [2.45, 2.75) is 0 Å². The first-order valence-corrected chi connectivity index (χ1v) is 12.2. The van der Waals surface area contributed by atoms with Crippen LogP contribution in [-0.2, 0) is 9.53 Å². The monoisotopic (exact) mass is 485 g/mol. The minimum absolute atomic E-state index is 0.0457. The lowest BCUT2D eigenvalue weighted by molar-refractivity contribution is -0.118. The van der Waals surface area contributed by atoms with Crippen LogP contribution >= 0.6 is 11.3 Å². The largest absolute Gasteiger partial charge is 0.379 e. The number of nitrogens with one attached hydrogen (secondary N) is 3. The predicted octanol–water partition coefficient (Wildman–Crippen LogP) is 4.25. The standard InChI is InChI=1S/C25H23N7O2S/c33-22(15-32-7-9-34-10-8-32)27-18-3-1-2-16(12-18)23-29-24(20-6-11-35-25(20)30-23)28-19-4-5-21-17(13-19)14-26-31-21/h1-6,11-14H,7-10,15H2,(H,26,31)(H,27,33)(H,28,29,30). The van der Waals surface area contributed by atoms with Crippen LogP contribution in [0, 0.1) is 0 Å². The summed E-state index contributed by atoms with van der Waals surface area (Å²) in [6.45, 7) is 3.21. The zero-order chi connectivity index (χ0) is 23.6. The molecule has 0 bridgehead atoms. The number of thiophene rings is 1. The minimum Gasteiger partial charge on any atom is -0.379 e. The summed E-state index contributed by atoms with van der Waals surface area (Å²) in [6.07, 6.45) is 1.80. The van der Waals surface area contributed by atoms with E-state index in [1.807, 2.05) is 53.9 Å². The zero-order valence-corrected chi connectivity index (χ0v) is 19.6. The number of rotatable bonds is 6. The molecule has 0 spiro atoms. The fraction of sp³-hybridized carbons (Fsp3) is 0.200. The van der Waals surface area contributed by atoms with Gasteiger partial charge in [-0.3, -0.25) is 14.8 Å². The number of morpholine rings is 1. The van der Waals surface area contributed by atoms with Crippen LogP contribution in [0.15, 0.2) is 60.1 Å². The van der Waals surface area contributed by atoms with E-state index < -0.39 is 0 Å². The second kappa shape index (κ2) is 9.41. The van der Waals surface area contributed by atoms with Crippen molar-refractivity contribution in [3.8, 4) is 11.4 Å². The molecule has 9 nitrogen and oxygen atoms in total. The minimum atomic E-state index is -0.0457. The van der Waals surface area contributed by atoms with Crippen LogP contribution < -0.4 is 10.6 Å². The Morgan fingerprint density at radius 2 is 2.00 bits per heavy atom. The van der Waals surface area contributed by atoms with E-state index in [-0.39, 0.29) is 5.91 Å². The number of aromatic amines is 1. The maximum atomic E-state index is 12.6. The van der Waals surface area contributed by atoms with Gasteiger partial charge in [-0.2, -0.15) is 5.10 Å². The van der Waals surface area contributed by atoms with E-state index in [2.05, 4.69) is 25.7 Å². The second-order valence-corrected chi connectivity index (χ2v) is 9.24. The van der Waals surface area contributed by atoms with Gasteiger partial charge in [-0.05, 0) is 41.8 Å². The highest BCUT2D eigenvalue weighted by Gasteiger charge is 2.15. The number of hydrogen-bond donors (Lipinski definition) is 3. The molecule has 1 aliphatic heterocycles. The summed E-state index contributed by atoms with van der Waals surface area (Å²) in [5.74, 6) is 1.28. The average Bonchev–Trinajstić information content (AvgIpc) is 3.54. The molecule has 2 aromatic carbocycles. The zero-order valence-electron chi connectivity index (χ0n) is 18.8. The lowest BCUT2D eigenvalue weighted by Gasteiger charge is -2.25.